The average Bonchev–Trinajstić information content (AvgIpc) is 3.25. The van der Waals surface area contributed by atoms with Crippen LogP contribution in [-0.2, 0) is 17.5 Å². The Balaban J connectivity index is 1.61. The molecule has 11 heteroatoms. The van der Waals surface area contributed by atoms with Crippen LogP contribution in [0.5, 0.6) is 0 Å². The number of aromatic nitrogens is 5. The molecule has 8 nitrogen and oxygen atoms in total. The van der Waals surface area contributed by atoms with E-state index in [1.54, 1.807) is 6.20 Å². The van der Waals surface area contributed by atoms with E-state index in [9.17, 15) is 23.1 Å². The van der Waals surface area contributed by atoms with Crippen LogP contribution in [0.4, 0.5) is 19.0 Å². The zero-order chi connectivity index (χ0) is 28.4. The molecule has 0 bridgehead atoms. The Hall–Kier alpha value is -4.02. The summed E-state index contributed by atoms with van der Waals surface area (Å²) in [5.41, 5.74) is 2.62. The first-order valence-electron chi connectivity index (χ1n) is 13.4. The van der Waals surface area contributed by atoms with Gasteiger partial charge in [-0.2, -0.15) is 13.2 Å². The molecule has 1 aliphatic carbocycles. The largest absolute Gasteiger partial charge is 0.481 e. The highest BCUT2D eigenvalue weighted by Crippen LogP contribution is 2.35. The predicted molar refractivity (Wildman–Crippen MR) is 145 cm³/mol. The molecule has 40 heavy (non-hydrogen) atoms. The zero-order valence-corrected chi connectivity index (χ0v) is 22.3. The number of imidazole rings is 1. The first-order valence-corrected chi connectivity index (χ1v) is 13.4. The Morgan fingerprint density at radius 1 is 1.12 bits per heavy atom. The molecule has 0 saturated heterocycles. The third kappa shape index (κ3) is 5.93. The van der Waals surface area contributed by atoms with Crippen LogP contribution < -0.4 is 5.32 Å². The average molecular weight is 553 g/mol. The van der Waals surface area contributed by atoms with E-state index in [0.717, 1.165) is 37.0 Å². The lowest BCUT2D eigenvalue weighted by atomic mass is 9.78. The summed E-state index contributed by atoms with van der Waals surface area (Å²) in [6.45, 7) is 4.37. The summed E-state index contributed by atoms with van der Waals surface area (Å²) in [6.07, 6.45) is 2.30. The lowest BCUT2D eigenvalue weighted by molar-refractivity contribution is -0.138. The molecule has 1 atom stereocenters. The number of carbonyl (C=O) groups is 1. The lowest BCUT2D eigenvalue weighted by Gasteiger charge is -2.34. The van der Waals surface area contributed by atoms with Crippen molar-refractivity contribution in [2.24, 2.45) is 5.92 Å². The second kappa shape index (κ2) is 11.2. The minimum Gasteiger partial charge on any atom is -0.481 e. The smallest absolute Gasteiger partial charge is 0.416 e. The SMILES string of the molecule is CC(C)c1ccnc(-c2nc3ncnc(N[C@H](CCC(=O)O)C4CCC4)c3n2Cc2ccc(C(F)(F)F)cc2)c1. The van der Waals surface area contributed by atoms with Gasteiger partial charge in [0.05, 0.1) is 5.56 Å². The van der Waals surface area contributed by atoms with Crippen molar-refractivity contribution in [1.29, 1.82) is 0 Å². The van der Waals surface area contributed by atoms with Gasteiger partial charge in [-0.1, -0.05) is 32.4 Å². The van der Waals surface area contributed by atoms with E-state index in [1.165, 1.54) is 18.5 Å². The number of halogens is 3. The van der Waals surface area contributed by atoms with Crippen molar-refractivity contribution in [2.45, 2.75) is 70.6 Å². The molecule has 1 saturated carbocycles. The Morgan fingerprint density at radius 2 is 1.88 bits per heavy atom. The fourth-order valence-corrected chi connectivity index (χ4v) is 5.05. The van der Waals surface area contributed by atoms with Gasteiger partial charge in [0.2, 0.25) is 0 Å². The standard InChI is InChI=1S/C29H31F3N6O2/c1-17(2)20-12-13-33-23(14-20)28-37-27-25(38(28)15-18-6-8-21(9-7-18)29(30,31)32)26(34-16-35-27)36-22(10-11-24(39)40)19-4-3-5-19/h6-9,12-14,16-17,19,22H,3-5,10-11,15H2,1-2H3,(H,39,40)(H,34,35,36)/t22-/m1/s1. The third-order valence-corrected chi connectivity index (χ3v) is 7.55. The Labute approximate surface area is 229 Å². The second-order valence-electron chi connectivity index (χ2n) is 10.6. The third-order valence-electron chi connectivity index (χ3n) is 7.55. The number of carboxylic acids is 1. The van der Waals surface area contributed by atoms with Gasteiger partial charge in [0.15, 0.2) is 17.3 Å². The highest BCUT2D eigenvalue weighted by molar-refractivity contribution is 5.86. The molecule has 1 aromatic carbocycles. The molecule has 210 valence electrons. The van der Waals surface area contributed by atoms with Gasteiger partial charge in [0, 0.05) is 25.2 Å². The summed E-state index contributed by atoms with van der Waals surface area (Å²) in [4.78, 5) is 29.6. The van der Waals surface area contributed by atoms with Crippen LogP contribution in [0.2, 0.25) is 0 Å². The molecule has 0 amide bonds. The first kappa shape index (κ1) is 27.5. The van der Waals surface area contributed by atoms with Crippen LogP contribution >= 0.6 is 0 Å². The summed E-state index contributed by atoms with van der Waals surface area (Å²) in [5, 5.41) is 12.8. The number of hydrogen-bond donors (Lipinski definition) is 2. The first-order chi connectivity index (χ1) is 19.1. The van der Waals surface area contributed by atoms with Crippen molar-refractivity contribution in [3.63, 3.8) is 0 Å². The van der Waals surface area contributed by atoms with E-state index < -0.39 is 17.7 Å². The van der Waals surface area contributed by atoms with Crippen LogP contribution in [-0.4, -0.2) is 41.6 Å². The van der Waals surface area contributed by atoms with Gasteiger partial charge in [-0.25, -0.2) is 15.0 Å². The molecule has 0 unspecified atom stereocenters. The van der Waals surface area contributed by atoms with E-state index in [2.05, 4.69) is 34.1 Å². The number of benzene rings is 1. The minimum atomic E-state index is -4.43. The number of alkyl halides is 3. The molecule has 3 heterocycles. The number of rotatable bonds is 10. The fraction of sp³-hybridized carbons (Fsp3) is 0.414. The highest BCUT2D eigenvalue weighted by Gasteiger charge is 2.31. The number of pyridine rings is 1. The van der Waals surface area contributed by atoms with E-state index in [4.69, 9.17) is 4.98 Å². The zero-order valence-electron chi connectivity index (χ0n) is 22.3. The van der Waals surface area contributed by atoms with Gasteiger partial charge in [-0.15, -0.1) is 0 Å². The molecule has 4 aromatic rings. The number of nitrogens with zero attached hydrogens (tertiary/aromatic N) is 5. The lowest BCUT2D eigenvalue weighted by Crippen LogP contribution is -2.34. The summed E-state index contributed by atoms with van der Waals surface area (Å²) >= 11 is 0. The number of aliphatic carboxylic acids is 1. The molecule has 1 fully saturated rings. The topological polar surface area (TPSA) is 106 Å². The second-order valence-corrected chi connectivity index (χ2v) is 10.6. The van der Waals surface area contributed by atoms with E-state index >= 15 is 0 Å². The van der Waals surface area contributed by atoms with Crippen molar-refractivity contribution in [1.82, 2.24) is 24.5 Å². The van der Waals surface area contributed by atoms with Crippen molar-refractivity contribution < 1.29 is 23.1 Å². The number of anilines is 1. The summed E-state index contributed by atoms with van der Waals surface area (Å²) in [6, 6.07) is 8.85. The number of hydrogen-bond acceptors (Lipinski definition) is 6. The quantitative estimate of drug-likeness (QED) is 0.231. The number of nitrogens with one attached hydrogen (secondary N) is 1. The van der Waals surface area contributed by atoms with Gasteiger partial charge in [0.1, 0.15) is 17.5 Å². The van der Waals surface area contributed by atoms with E-state index in [-0.39, 0.29) is 24.9 Å². The highest BCUT2D eigenvalue weighted by atomic mass is 19.4. The normalized spacial score (nSPS) is 14.8. The van der Waals surface area contributed by atoms with Gasteiger partial charge in [0.25, 0.3) is 0 Å². The molecule has 5 rings (SSSR count). The van der Waals surface area contributed by atoms with Crippen LogP contribution in [0.15, 0.2) is 48.9 Å². The molecular formula is C29H31F3N6O2. The van der Waals surface area contributed by atoms with Gasteiger partial charge in [-0.05, 0) is 66.5 Å². The molecule has 2 N–H and O–H groups in total. The monoisotopic (exact) mass is 552 g/mol. The minimum absolute atomic E-state index is 0.0321. The van der Waals surface area contributed by atoms with Gasteiger partial charge < -0.3 is 15.0 Å². The van der Waals surface area contributed by atoms with E-state index in [0.29, 0.717) is 46.4 Å². The number of carboxylic acid groups (broad SMARTS) is 1. The molecule has 0 aliphatic heterocycles. The maximum Gasteiger partial charge on any atom is 0.416 e. The maximum atomic E-state index is 13.2. The van der Waals surface area contributed by atoms with Crippen LogP contribution in [0, 0.1) is 5.92 Å². The summed E-state index contributed by atoms with van der Waals surface area (Å²) < 4.78 is 41.5. The summed E-state index contributed by atoms with van der Waals surface area (Å²) in [5.74, 6) is 0.762. The van der Waals surface area contributed by atoms with Gasteiger partial charge >= 0.3 is 12.1 Å². The van der Waals surface area contributed by atoms with Crippen molar-refractivity contribution in [2.75, 3.05) is 5.32 Å². The van der Waals surface area contributed by atoms with Crippen LogP contribution in [0.25, 0.3) is 22.7 Å². The molecule has 1 aliphatic rings. The van der Waals surface area contributed by atoms with E-state index in [1.807, 2.05) is 16.7 Å². The Kier molecular flexibility index (Phi) is 7.73. The van der Waals surface area contributed by atoms with Crippen LogP contribution in [0.3, 0.4) is 0 Å². The maximum absolute atomic E-state index is 13.2. The van der Waals surface area contributed by atoms with Gasteiger partial charge in [-0.3, -0.25) is 9.78 Å². The molecule has 0 spiro atoms. The van der Waals surface area contributed by atoms with Crippen molar-refractivity contribution >= 4 is 23.0 Å². The van der Waals surface area contributed by atoms with Crippen LogP contribution in [0.1, 0.15) is 68.6 Å². The molecule has 0 radical (unpaired) electrons. The Morgan fingerprint density at radius 3 is 2.50 bits per heavy atom. The van der Waals surface area contributed by atoms with Crippen molar-refractivity contribution in [3.05, 3.63) is 65.6 Å². The predicted octanol–water partition coefficient (Wildman–Crippen LogP) is 6.52. The molecule has 3 aromatic heterocycles. The summed E-state index contributed by atoms with van der Waals surface area (Å²) in [7, 11) is 0. The fourth-order valence-electron chi connectivity index (χ4n) is 5.05. The Bertz CT molecular complexity index is 1500. The number of fused-ring (bicyclic) bond motifs is 1. The van der Waals surface area contributed by atoms with Crippen molar-refractivity contribution in [3.8, 4) is 11.5 Å². The molecular weight excluding hydrogens is 521 g/mol.